The van der Waals surface area contributed by atoms with Crippen LogP contribution in [0.25, 0.3) is 0 Å². The highest BCUT2D eigenvalue weighted by molar-refractivity contribution is 7.14. The third-order valence-electron chi connectivity index (χ3n) is 7.63. The fourth-order valence-corrected chi connectivity index (χ4v) is 6.59. The van der Waals surface area contributed by atoms with E-state index in [1.54, 1.807) is 11.3 Å². The third-order valence-corrected chi connectivity index (χ3v) is 8.86. The van der Waals surface area contributed by atoms with Gasteiger partial charge in [-0.2, -0.15) is 0 Å². The molecule has 1 atom stereocenters. The molecule has 1 N–H and O–H groups in total. The van der Waals surface area contributed by atoms with Crippen LogP contribution in [-0.2, 0) is 17.6 Å². The van der Waals surface area contributed by atoms with Crippen LogP contribution in [0.3, 0.4) is 0 Å². The van der Waals surface area contributed by atoms with Gasteiger partial charge in [-0.1, -0.05) is 40.0 Å². The molecular formula is C25H38N2O2S. The van der Waals surface area contributed by atoms with Gasteiger partial charge < -0.3 is 10.2 Å². The average molecular weight is 431 g/mol. The fourth-order valence-electron chi connectivity index (χ4n) is 5.48. The number of aryl methyl sites for hydroxylation is 1. The van der Waals surface area contributed by atoms with E-state index >= 15 is 0 Å². The number of thiophene rings is 1. The summed E-state index contributed by atoms with van der Waals surface area (Å²) in [5, 5.41) is 3.26. The molecule has 5 heteroatoms. The molecule has 2 amide bonds. The zero-order valence-electron chi connectivity index (χ0n) is 19.0. The molecule has 1 saturated heterocycles. The van der Waals surface area contributed by atoms with E-state index in [1.165, 1.54) is 36.1 Å². The first-order valence-corrected chi connectivity index (χ1v) is 12.8. The Bertz CT molecular complexity index is 765. The van der Waals surface area contributed by atoms with Crippen LogP contribution in [0.2, 0.25) is 0 Å². The van der Waals surface area contributed by atoms with Crippen LogP contribution >= 0.6 is 11.3 Å². The summed E-state index contributed by atoms with van der Waals surface area (Å²) in [6.07, 6.45) is 11.0. The fraction of sp³-hybridized carbons (Fsp3) is 0.760. The number of nitrogens with one attached hydrogen (secondary N) is 1. The SMILES string of the molecule is CC(C)(C)C1CCc2sc(C(=O)NC3CCN(C(=O)C4CCCCC4)CC3)cc2C1. The van der Waals surface area contributed by atoms with Gasteiger partial charge in [-0.05, 0) is 67.9 Å². The molecule has 2 aliphatic carbocycles. The Labute approximate surface area is 185 Å². The minimum absolute atomic E-state index is 0.0822. The summed E-state index contributed by atoms with van der Waals surface area (Å²) in [4.78, 5) is 30.0. The number of carbonyl (C=O) groups excluding carboxylic acids is 2. The molecule has 0 spiro atoms. The van der Waals surface area contributed by atoms with Gasteiger partial charge in [0, 0.05) is 29.9 Å². The number of carbonyl (C=O) groups is 2. The number of piperidine rings is 1. The van der Waals surface area contributed by atoms with E-state index in [0.717, 1.165) is 56.5 Å². The molecule has 2 fully saturated rings. The second-order valence-corrected chi connectivity index (χ2v) is 11.9. The molecule has 1 unspecified atom stereocenters. The van der Waals surface area contributed by atoms with E-state index in [1.807, 2.05) is 0 Å². The molecule has 0 radical (unpaired) electrons. The van der Waals surface area contributed by atoms with Crippen LogP contribution < -0.4 is 5.32 Å². The molecule has 0 bridgehead atoms. The van der Waals surface area contributed by atoms with Crippen molar-refractivity contribution < 1.29 is 9.59 Å². The first-order valence-electron chi connectivity index (χ1n) is 12.0. The number of nitrogens with zero attached hydrogens (tertiary/aromatic N) is 1. The summed E-state index contributed by atoms with van der Waals surface area (Å²) < 4.78 is 0. The number of rotatable bonds is 3. The van der Waals surface area contributed by atoms with Gasteiger partial charge in [0.05, 0.1) is 4.88 Å². The van der Waals surface area contributed by atoms with Crippen molar-refractivity contribution in [2.75, 3.05) is 13.1 Å². The first-order chi connectivity index (χ1) is 14.3. The van der Waals surface area contributed by atoms with Crippen molar-refractivity contribution in [2.45, 2.75) is 91.0 Å². The molecule has 4 rings (SSSR count). The molecule has 166 valence electrons. The Kier molecular flexibility index (Phi) is 6.57. The second kappa shape index (κ2) is 9.02. The van der Waals surface area contributed by atoms with E-state index in [-0.39, 0.29) is 17.9 Å². The lowest BCUT2D eigenvalue weighted by Crippen LogP contribution is -2.48. The van der Waals surface area contributed by atoms with Crippen molar-refractivity contribution in [3.05, 3.63) is 21.4 Å². The number of fused-ring (bicyclic) bond motifs is 1. The monoisotopic (exact) mass is 430 g/mol. The lowest BCUT2D eigenvalue weighted by atomic mass is 9.72. The summed E-state index contributed by atoms with van der Waals surface area (Å²) >= 11 is 1.69. The normalized spacial score (nSPS) is 23.8. The highest BCUT2D eigenvalue weighted by atomic mass is 32.1. The molecule has 1 aliphatic heterocycles. The minimum atomic E-state index is 0.0822. The molecule has 30 heavy (non-hydrogen) atoms. The number of likely N-dealkylation sites (tertiary alicyclic amines) is 1. The van der Waals surface area contributed by atoms with Crippen molar-refractivity contribution >= 4 is 23.2 Å². The van der Waals surface area contributed by atoms with Crippen molar-refractivity contribution in [3.8, 4) is 0 Å². The molecule has 2 heterocycles. The van der Waals surface area contributed by atoms with Gasteiger partial charge in [0.2, 0.25) is 5.91 Å². The van der Waals surface area contributed by atoms with Crippen LogP contribution in [0.15, 0.2) is 6.07 Å². The largest absolute Gasteiger partial charge is 0.348 e. The van der Waals surface area contributed by atoms with Crippen molar-refractivity contribution in [2.24, 2.45) is 17.3 Å². The standard InChI is InChI=1S/C25H38N2O2S/c1-25(2,3)19-9-10-21-18(15-19)16-22(30-21)23(28)26-20-11-13-27(14-12-20)24(29)17-7-5-4-6-8-17/h16-17,19-20H,4-15H2,1-3H3,(H,26,28). The molecule has 3 aliphatic rings. The van der Waals surface area contributed by atoms with E-state index < -0.39 is 0 Å². The maximum Gasteiger partial charge on any atom is 0.261 e. The first kappa shape index (κ1) is 21.9. The summed E-state index contributed by atoms with van der Waals surface area (Å²) in [6.45, 7) is 8.55. The number of hydrogen-bond acceptors (Lipinski definition) is 3. The van der Waals surface area contributed by atoms with Gasteiger partial charge in [0.25, 0.3) is 5.91 Å². The van der Waals surface area contributed by atoms with Crippen molar-refractivity contribution in [3.63, 3.8) is 0 Å². The maximum absolute atomic E-state index is 12.9. The van der Waals surface area contributed by atoms with Crippen LogP contribution in [0.4, 0.5) is 0 Å². The zero-order valence-corrected chi connectivity index (χ0v) is 19.8. The molecule has 4 nitrogen and oxygen atoms in total. The van der Waals surface area contributed by atoms with E-state index in [2.05, 4.69) is 37.1 Å². The maximum atomic E-state index is 12.9. The topological polar surface area (TPSA) is 49.4 Å². The van der Waals surface area contributed by atoms with E-state index in [4.69, 9.17) is 0 Å². The molecule has 1 aromatic rings. The third kappa shape index (κ3) is 4.92. The zero-order chi connectivity index (χ0) is 21.3. The van der Waals surface area contributed by atoms with Gasteiger partial charge in [-0.3, -0.25) is 9.59 Å². The van der Waals surface area contributed by atoms with Crippen molar-refractivity contribution in [1.29, 1.82) is 0 Å². The average Bonchev–Trinajstić information content (AvgIpc) is 3.17. The van der Waals surface area contributed by atoms with Crippen LogP contribution in [0, 0.1) is 17.3 Å². The highest BCUT2D eigenvalue weighted by Crippen LogP contribution is 2.40. The Hall–Kier alpha value is -1.36. The number of hydrogen-bond donors (Lipinski definition) is 1. The predicted octanol–water partition coefficient (Wildman–Crippen LogP) is 5.20. The van der Waals surface area contributed by atoms with Crippen LogP contribution in [0.5, 0.6) is 0 Å². The molecule has 1 saturated carbocycles. The Morgan fingerprint density at radius 2 is 1.73 bits per heavy atom. The van der Waals surface area contributed by atoms with E-state index in [0.29, 0.717) is 17.2 Å². The lowest BCUT2D eigenvalue weighted by molar-refractivity contribution is -0.137. The smallest absolute Gasteiger partial charge is 0.261 e. The molecule has 1 aromatic heterocycles. The predicted molar refractivity (Wildman–Crippen MR) is 123 cm³/mol. The summed E-state index contributed by atoms with van der Waals surface area (Å²) in [7, 11) is 0. The Balaban J connectivity index is 1.28. The molecule has 0 aromatic carbocycles. The second-order valence-electron chi connectivity index (χ2n) is 10.8. The van der Waals surface area contributed by atoms with Gasteiger partial charge in [0.15, 0.2) is 0 Å². The Morgan fingerprint density at radius 1 is 1.03 bits per heavy atom. The van der Waals surface area contributed by atoms with Gasteiger partial charge in [-0.15, -0.1) is 11.3 Å². The van der Waals surface area contributed by atoms with Crippen molar-refractivity contribution in [1.82, 2.24) is 10.2 Å². The molecular weight excluding hydrogens is 392 g/mol. The number of amides is 2. The lowest BCUT2D eigenvalue weighted by Gasteiger charge is -2.35. The minimum Gasteiger partial charge on any atom is -0.348 e. The van der Waals surface area contributed by atoms with Crippen LogP contribution in [0.1, 0.15) is 92.3 Å². The van der Waals surface area contributed by atoms with E-state index in [9.17, 15) is 9.59 Å². The summed E-state index contributed by atoms with van der Waals surface area (Å²) in [5.41, 5.74) is 1.72. The van der Waals surface area contributed by atoms with Gasteiger partial charge >= 0.3 is 0 Å². The summed E-state index contributed by atoms with van der Waals surface area (Å²) in [6, 6.07) is 2.34. The van der Waals surface area contributed by atoms with Gasteiger partial charge in [0.1, 0.15) is 0 Å². The highest BCUT2D eigenvalue weighted by Gasteiger charge is 2.32. The quantitative estimate of drug-likeness (QED) is 0.716. The Morgan fingerprint density at radius 3 is 2.40 bits per heavy atom. The van der Waals surface area contributed by atoms with Crippen LogP contribution in [-0.4, -0.2) is 35.8 Å². The van der Waals surface area contributed by atoms with Gasteiger partial charge in [-0.25, -0.2) is 0 Å². The summed E-state index contributed by atoms with van der Waals surface area (Å²) in [5.74, 6) is 1.39.